The van der Waals surface area contributed by atoms with Crippen molar-refractivity contribution in [3.63, 3.8) is 0 Å². The van der Waals surface area contributed by atoms with Gasteiger partial charge >= 0.3 is 0 Å². The lowest BCUT2D eigenvalue weighted by atomic mass is 10.0. The number of halogens is 1. The molecule has 3 N–H and O–H groups in total. The molecule has 1 amide bonds. The molecule has 0 bridgehead atoms. The number of azo groups is 2. The zero-order chi connectivity index (χ0) is 41.5. The number of fused-ring (bicyclic) bond motifs is 8. The summed E-state index contributed by atoms with van der Waals surface area (Å²) in [5, 5.41) is 46.9. The fourth-order valence-electron chi connectivity index (χ4n) is 8.19. The number of nitrogens with one attached hydrogen (secondary N) is 1. The Bertz CT molecular complexity index is 3690. The minimum Gasteiger partial charge on any atom is -0.506 e. The number of anilines is 1. The van der Waals surface area contributed by atoms with E-state index in [1.54, 1.807) is 114 Å². The molecule has 0 saturated carbocycles. The van der Waals surface area contributed by atoms with Gasteiger partial charge < -0.3 is 15.5 Å². The predicted octanol–water partition coefficient (Wildman–Crippen LogP) is 12.1. The standard InChI is InChI=1S/C48H26ClN7O5/c49-36-12-3-4-13-37(36)51-47(60)35-20-24-8-1-2-9-27(24)43(45(35)59)55-53-26-17-19-29-28-18-16-25(21-32(28)44(58)33(29)22-26)52-54-42-30-10-7-11-31-41(30)34(23-40(42)57)46-50-38-14-5-6-15-39(38)56(46)48(31)61/h1-23,57,59H,(H,51,60). The second-order valence-electron chi connectivity index (χ2n) is 14.6. The second-order valence-corrected chi connectivity index (χ2v) is 15.0. The van der Waals surface area contributed by atoms with Gasteiger partial charge in [0.05, 0.1) is 38.7 Å². The average Bonchev–Trinajstić information content (AvgIpc) is 3.80. The Balaban J connectivity index is 0.907. The van der Waals surface area contributed by atoms with Gasteiger partial charge in [0.25, 0.3) is 11.5 Å². The number of carbonyl (C=O) groups excluding carboxylic acids is 2. The Morgan fingerprint density at radius 3 is 2.05 bits per heavy atom. The molecule has 61 heavy (non-hydrogen) atoms. The third-order valence-corrected chi connectivity index (χ3v) is 11.4. The van der Waals surface area contributed by atoms with Crippen molar-refractivity contribution in [3.05, 3.63) is 172 Å². The molecule has 0 unspecified atom stereocenters. The van der Waals surface area contributed by atoms with Gasteiger partial charge in [-0.2, -0.15) is 10.2 Å². The zero-order valence-corrected chi connectivity index (χ0v) is 32.2. The normalized spacial score (nSPS) is 12.5. The summed E-state index contributed by atoms with van der Waals surface area (Å²) in [6, 6.07) is 40.0. The van der Waals surface area contributed by atoms with Gasteiger partial charge in [0.15, 0.2) is 11.5 Å². The number of aromatic hydroxyl groups is 2. The van der Waals surface area contributed by atoms with Gasteiger partial charge in [-0.25, -0.2) is 4.98 Å². The van der Waals surface area contributed by atoms with E-state index in [-0.39, 0.29) is 39.8 Å². The monoisotopic (exact) mass is 815 g/mol. The molecule has 8 aromatic carbocycles. The van der Waals surface area contributed by atoms with Crippen molar-refractivity contribution in [2.75, 3.05) is 5.32 Å². The van der Waals surface area contributed by atoms with Crippen molar-refractivity contribution in [1.82, 2.24) is 9.38 Å². The van der Waals surface area contributed by atoms with Crippen LogP contribution in [-0.2, 0) is 0 Å². The van der Waals surface area contributed by atoms with Gasteiger partial charge in [0.2, 0.25) is 0 Å². The molecule has 0 radical (unpaired) electrons. The number of hydrogen-bond acceptors (Lipinski definition) is 10. The summed E-state index contributed by atoms with van der Waals surface area (Å²) >= 11 is 6.26. The van der Waals surface area contributed by atoms with E-state index in [9.17, 15) is 24.6 Å². The number of imidazole rings is 1. The molecule has 12 nitrogen and oxygen atoms in total. The van der Waals surface area contributed by atoms with Crippen LogP contribution in [0.3, 0.4) is 0 Å². The van der Waals surface area contributed by atoms with Crippen molar-refractivity contribution in [2.45, 2.75) is 0 Å². The molecule has 290 valence electrons. The Morgan fingerprint density at radius 1 is 0.623 bits per heavy atom. The maximum absolute atomic E-state index is 13.9. The minimum absolute atomic E-state index is 0.0174. The van der Waals surface area contributed by atoms with Gasteiger partial charge in [-0.1, -0.05) is 84.4 Å². The van der Waals surface area contributed by atoms with Crippen LogP contribution in [0.2, 0.25) is 5.02 Å². The Morgan fingerprint density at radius 2 is 1.28 bits per heavy atom. The van der Waals surface area contributed by atoms with Crippen LogP contribution < -0.4 is 10.9 Å². The van der Waals surface area contributed by atoms with Crippen LogP contribution in [0.1, 0.15) is 26.3 Å². The summed E-state index contributed by atoms with van der Waals surface area (Å²) in [4.78, 5) is 45.8. The van der Waals surface area contributed by atoms with E-state index in [0.717, 1.165) is 0 Å². The number of phenols is 2. The maximum atomic E-state index is 13.9. The van der Waals surface area contributed by atoms with Crippen molar-refractivity contribution < 1.29 is 19.8 Å². The van der Waals surface area contributed by atoms with E-state index in [2.05, 4.69) is 25.8 Å². The number of aromatic nitrogens is 2. The van der Waals surface area contributed by atoms with Gasteiger partial charge in [-0.05, 0) is 83.2 Å². The van der Waals surface area contributed by atoms with E-state index in [4.69, 9.17) is 16.6 Å². The molecular weight excluding hydrogens is 790 g/mol. The van der Waals surface area contributed by atoms with Crippen molar-refractivity contribution in [3.8, 4) is 22.6 Å². The van der Waals surface area contributed by atoms with Gasteiger partial charge in [0.1, 0.15) is 22.8 Å². The first kappa shape index (κ1) is 35.8. The molecule has 0 atom stereocenters. The summed E-state index contributed by atoms with van der Waals surface area (Å²) < 4.78 is 1.57. The van der Waals surface area contributed by atoms with E-state index < -0.39 is 5.91 Å². The van der Waals surface area contributed by atoms with Crippen LogP contribution in [0, 0.1) is 0 Å². The van der Waals surface area contributed by atoms with Crippen LogP contribution >= 0.6 is 11.6 Å². The number of carbonyl (C=O) groups is 2. The quantitative estimate of drug-likeness (QED) is 0.141. The Kier molecular flexibility index (Phi) is 7.99. The highest BCUT2D eigenvalue weighted by molar-refractivity contribution is 6.34. The van der Waals surface area contributed by atoms with Crippen LogP contribution in [0.5, 0.6) is 11.5 Å². The average molecular weight is 816 g/mol. The summed E-state index contributed by atoms with van der Waals surface area (Å²) in [6.07, 6.45) is 0. The highest BCUT2D eigenvalue weighted by Gasteiger charge is 2.28. The number of amides is 1. The first-order valence-corrected chi connectivity index (χ1v) is 19.4. The lowest BCUT2D eigenvalue weighted by molar-refractivity contribution is 0.102. The predicted molar refractivity (Wildman–Crippen MR) is 236 cm³/mol. The van der Waals surface area contributed by atoms with Crippen LogP contribution in [0.4, 0.5) is 28.4 Å². The van der Waals surface area contributed by atoms with E-state index in [0.29, 0.717) is 93.3 Å². The first-order valence-electron chi connectivity index (χ1n) is 19.0. The fourth-order valence-corrected chi connectivity index (χ4v) is 8.37. The lowest BCUT2D eigenvalue weighted by Gasteiger charge is -2.12. The highest BCUT2D eigenvalue weighted by Crippen LogP contribution is 2.45. The van der Waals surface area contributed by atoms with Gasteiger partial charge in [0, 0.05) is 38.1 Å². The molecule has 13 heteroatoms. The van der Waals surface area contributed by atoms with Crippen molar-refractivity contribution in [1.29, 1.82) is 0 Å². The molecule has 0 fully saturated rings. The third-order valence-electron chi connectivity index (χ3n) is 11.0. The molecule has 11 rings (SSSR count). The van der Waals surface area contributed by atoms with Crippen LogP contribution in [0.25, 0.3) is 60.1 Å². The molecule has 2 aromatic heterocycles. The fraction of sp³-hybridized carbons (Fsp3) is 0. The van der Waals surface area contributed by atoms with Crippen LogP contribution in [0.15, 0.2) is 165 Å². The van der Waals surface area contributed by atoms with E-state index in [1.165, 1.54) is 0 Å². The number of pyridine rings is 1. The minimum atomic E-state index is -0.580. The number of benzene rings is 8. The number of nitrogens with zero attached hydrogens (tertiary/aromatic N) is 6. The first-order chi connectivity index (χ1) is 29.7. The third kappa shape index (κ3) is 5.61. The summed E-state index contributed by atoms with van der Waals surface area (Å²) in [6.45, 7) is 0. The lowest BCUT2D eigenvalue weighted by Crippen LogP contribution is -2.13. The molecule has 0 saturated heterocycles. The van der Waals surface area contributed by atoms with Crippen molar-refractivity contribution in [2.24, 2.45) is 20.5 Å². The molecule has 0 aliphatic heterocycles. The molecule has 2 heterocycles. The van der Waals surface area contributed by atoms with E-state index in [1.807, 2.05) is 30.3 Å². The summed E-state index contributed by atoms with van der Waals surface area (Å²) in [5.74, 6) is -1.34. The molecule has 1 aliphatic carbocycles. The smallest absolute Gasteiger partial charge is 0.264 e. The molecule has 10 aromatic rings. The number of para-hydroxylation sites is 3. The Labute approximate surface area is 348 Å². The van der Waals surface area contributed by atoms with Gasteiger partial charge in [-0.15, -0.1) is 10.2 Å². The molecule has 1 aliphatic rings. The maximum Gasteiger partial charge on any atom is 0.264 e. The number of rotatable bonds is 6. The highest BCUT2D eigenvalue weighted by atomic mass is 35.5. The summed E-state index contributed by atoms with van der Waals surface area (Å²) in [5.41, 5.74) is 5.11. The topological polar surface area (TPSA) is 170 Å². The van der Waals surface area contributed by atoms with Gasteiger partial charge in [-0.3, -0.25) is 18.8 Å². The number of phenolic OH excluding ortho intramolecular Hbond substituents is 2. The summed E-state index contributed by atoms with van der Waals surface area (Å²) in [7, 11) is 0. The number of hydrogen-bond donors (Lipinski definition) is 3. The largest absolute Gasteiger partial charge is 0.506 e. The zero-order valence-electron chi connectivity index (χ0n) is 31.5. The SMILES string of the molecule is O=C1c2cc(N=Nc3c(O)c(C(=O)Nc4ccccc4Cl)cc4ccccc34)ccc2-c2ccc(N=Nc3c(O)cc4c5c3cccc5c(=O)n3c5ccccc5nc43)cc21. The van der Waals surface area contributed by atoms with E-state index >= 15 is 0 Å². The number of ketones is 1. The second kappa shape index (κ2) is 13.6. The Hall–Kier alpha value is -8.35. The molecular formula is C48H26ClN7O5. The van der Waals surface area contributed by atoms with Crippen LogP contribution in [-0.4, -0.2) is 31.3 Å². The van der Waals surface area contributed by atoms with Crippen molar-refractivity contribution >= 4 is 101 Å². The molecule has 0 spiro atoms.